The van der Waals surface area contributed by atoms with Gasteiger partial charge >= 0.3 is 18.3 Å². The van der Waals surface area contributed by atoms with E-state index in [2.05, 4.69) is 19.9 Å². The van der Waals surface area contributed by atoms with E-state index in [1.54, 1.807) is 0 Å². The highest BCUT2D eigenvalue weighted by atomic mass is 32.2. The van der Waals surface area contributed by atoms with Crippen molar-refractivity contribution in [3.8, 4) is 11.5 Å². The summed E-state index contributed by atoms with van der Waals surface area (Å²) in [6.45, 7) is 2.43. The van der Waals surface area contributed by atoms with Crippen LogP contribution in [0.25, 0.3) is 22.7 Å². The number of rotatable bonds is 4. The van der Waals surface area contributed by atoms with Crippen LogP contribution in [0.1, 0.15) is 25.0 Å². The molecule has 0 aliphatic rings. The quantitative estimate of drug-likeness (QED) is 0.530. The fraction of sp³-hybridized carbons (Fsp3) is 0.353. The summed E-state index contributed by atoms with van der Waals surface area (Å²) < 4.78 is 130. The molecule has 3 aromatic heterocycles. The number of H-pyrrole nitrogens is 1. The van der Waals surface area contributed by atoms with Gasteiger partial charge in [-0.05, 0) is 26.0 Å². The molecular formula is C17H12F8N4O2S. The Morgan fingerprint density at radius 3 is 2.03 bits per heavy atom. The molecule has 3 rings (SSSR count). The molecule has 15 heteroatoms. The third kappa shape index (κ3) is 4.00. The van der Waals surface area contributed by atoms with Crippen LogP contribution in [-0.4, -0.2) is 39.8 Å². The van der Waals surface area contributed by atoms with Gasteiger partial charge in [-0.25, -0.2) is 18.4 Å². The fourth-order valence-corrected chi connectivity index (χ4v) is 3.81. The van der Waals surface area contributed by atoms with E-state index in [0.29, 0.717) is 18.3 Å². The van der Waals surface area contributed by atoms with Gasteiger partial charge in [0.15, 0.2) is 21.3 Å². The first kappa shape index (κ1) is 23.8. The van der Waals surface area contributed by atoms with Gasteiger partial charge in [-0.3, -0.25) is 4.98 Å². The Labute approximate surface area is 174 Å². The van der Waals surface area contributed by atoms with Crippen LogP contribution in [0.4, 0.5) is 35.1 Å². The number of nitrogens with one attached hydrogen (secondary N) is 1. The number of pyridine rings is 2. The third-order valence-corrected chi connectivity index (χ3v) is 6.55. The van der Waals surface area contributed by atoms with Crippen molar-refractivity contribution in [3.05, 3.63) is 35.7 Å². The first-order chi connectivity index (χ1) is 14.5. The molecule has 0 radical (unpaired) electrons. The van der Waals surface area contributed by atoms with E-state index < -0.39 is 66.4 Å². The van der Waals surface area contributed by atoms with Crippen LogP contribution in [0.5, 0.6) is 0 Å². The lowest BCUT2D eigenvalue weighted by molar-refractivity contribution is -0.289. The first-order valence-electron chi connectivity index (χ1n) is 8.58. The van der Waals surface area contributed by atoms with Crippen molar-refractivity contribution >= 4 is 21.0 Å². The van der Waals surface area contributed by atoms with E-state index in [-0.39, 0.29) is 11.8 Å². The molecule has 0 bridgehead atoms. The predicted octanol–water partition coefficient (Wildman–Crippen LogP) is 4.87. The lowest BCUT2D eigenvalue weighted by Crippen LogP contribution is -2.33. The molecule has 0 aromatic carbocycles. The van der Waals surface area contributed by atoms with Gasteiger partial charge in [-0.2, -0.15) is 35.1 Å². The van der Waals surface area contributed by atoms with Gasteiger partial charge in [-0.1, -0.05) is 0 Å². The highest BCUT2D eigenvalue weighted by molar-refractivity contribution is 7.92. The average molecular weight is 488 g/mol. The van der Waals surface area contributed by atoms with Gasteiger partial charge in [-0.15, -0.1) is 0 Å². The maximum absolute atomic E-state index is 13.6. The Morgan fingerprint density at radius 2 is 1.50 bits per heavy atom. The van der Waals surface area contributed by atoms with Crippen molar-refractivity contribution in [2.24, 2.45) is 0 Å². The SMILES string of the molecule is CC(C)S(=O)(=O)c1cc(C(F)(F)F)cnc1-c1nc2ncc(C(F)(F)C(F)(F)F)cc2[nH]1. The highest BCUT2D eigenvalue weighted by Crippen LogP contribution is 2.44. The average Bonchev–Trinajstić information content (AvgIpc) is 3.08. The molecular weight excluding hydrogens is 476 g/mol. The third-order valence-electron chi connectivity index (χ3n) is 4.39. The zero-order valence-corrected chi connectivity index (χ0v) is 16.8. The van der Waals surface area contributed by atoms with Crippen LogP contribution in [0.2, 0.25) is 0 Å². The summed E-state index contributed by atoms with van der Waals surface area (Å²) >= 11 is 0. The van der Waals surface area contributed by atoms with Crippen LogP contribution in [0.3, 0.4) is 0 Å². The van der Waals surface area contributed by atoms with E-state index in [1.807, 2.05) is 0 Å². The molecule has 174 valence electrons. The summed E-state index contributed by atoms with van der Waals surface area (Å²) in [6.07, 6.45) is -10.2. The minimum Gasteiger partial charge on any atom is -0.335 e. The van der Waals surface area contributed by atoms with Crippen molar-refractivity contribution < 1.29 is 43.5 Å². The number of nitrogens with zero attached hydrogens (tertiary/aromatic N) is 3. The molecule has 0 aliphatic heterocycles. The molecule has 0 atom stereocenters. The van der Waals surface area contributed by atoms with Crippen LogP contribution in [-0.2, 0) is 21.9 Å². The van der Waals surface area contributed by atoms with Crippen LogP contribution in [0, 0.1) is 0 Å². The van der Waals surface area contributed by atoms with E-state index in [0.717, 1.165) is 0 Å². The van der Waals surface area contributed by atoms with Crippen molar-refractivity contribution in [3.63, 3.8) is 0 Å². The molecule has 3 aromatic rings. The molecule has 0 amide bonds. The molecule has 6 nitrogen and oxygen atoms in total. The molecule has 0 saturated carbocycles. The zero-order chi connectivity index (χ0) is 24.3. The second-order valence-electron chi connectivity index (χ2n) is 6.91. The predicted molar refractivity (Wildman–Crippen MR) is 94.4 cm³/mol. The van der Waals surface area contributed by atoms with Gasteiger partial charge in [0.2, 0.25) is 0 Å². The van der Waals surface area contributed by atoms with E-state index in [4.69, 9.17) is 0 Å². The smallest absolute Gasteiger partial charge is 0.335 e. The van der Waals surface area contributed by atoms with Crippen molar-refractivity contribution in [2.75, 3.05) is 0 Å². The summed E-state index contributed by atoms with van der Waals surface area (Å²) in [7, 11) is -4.34. The van der Waals surface area contributed by atoms with Gasteiger partial charge in [0, 0.05) is 12.4 Å². The van der Waals surface area contributed by atoms with E-state index in [1.165, 1.54) is 13.8 Å². The molecule has 1 N–H and O–H groups in total. The monoisotopic (exact) mass is 488 g/mol. The maximum atomic E-state index is 13.6. The van der Waals surface area contributed by atoms with Crippen LogP contribution < -0.4 is 0 Å². The van der Waals surface area contributed by atoms with Gasteiger partial charge in [0.05, 0.1) is 26.8 Å². The summed E-state index contributed by atoms with van der Waals surface area (Å²) in [5, 5.41) is -1.16. The minimum atomic E-state index is -5.90. The molecule has 0 saturated heterocycles. The molecule has 0 spiro atoms. The molecule has 0 fully saturated rings. The molecule has 0 aliphatic carbocycles. The van der Waals surface area contributed by atoms with Crippen molar-refractivity contribution in [2.45, 2.75) is 42.3 Å². The molecule has 32 heavy (non-hydrogen) atoms. The minimum absolute atomic E-state index is 0.242. The number of hydrogen-bond donors (Lipinski definition) is 1. The lowest BCUT2D eigenvalue weighted by atomic mass is 10.1. The second-order valence-corrected chi connectivity index (χ2v) is 9.39. The summed E-state index contributed by atoms with van der Waals surface area (Å²) in [5.41, 5.74) is -4.26. The normalized spacial score (nSPS) is 13.8. The number of halogens is 8. The lowest BCUT2D eigenvalue weighted by Gasteiger charge is -2.19. The number of aromatic amines is 1. The summed E-state index contributed by atoms with van der Waals surface area (Å²) in [4.78, 5) is 12.2. The zero-order valence-electron chi connectivity index (χ0n) is 16.0. The number of sulfone groups is 1. The number of hydrogen-bond acceptors (Lipinski definition) is 5. The second kappa shape index (κ2) is 7.35. The molecule has 0 unspecified atom stereocenters. The number of fused-ring (bicyclic) bond motifs is 1. The van der Waals surface area contributed by atoms with Gasteiger partial charge in [0.1, 0.15) is 5.69 Å². The van der Waals surface area contributed by atoms with Gasteiger partial charge in [0.25, 0.3) is 0 Å². The number of aromatic nitrogens is 4. The highest BCUT2D eigenvalue weighted by Gasteiger charge is 2.59. The van der Waals surface area contributed by atoms with Crippen molar-refractivity contribution in [1.29, 1.82) is 0 Å². The Kier molecular flexibility index (Phi) is 5.47. The standard InChI is InChI=1S/C17H12F8N4O2S/c1-7(2)32(30,31)11-4-9(16(20,21)22)6-26-12(11)14-28-10-3-8(5-27-13(10)29-14)15(18,19)17(23,24)25/h3-7H,1-2H3,(H,27,28,29). The fourth-order valence-electron chi connectivity index (χ4n) is 2.60. The van der Waals surface area contributed by atoms with Crippen LogP contribution >= 0.6 is 0 Å². The number of imidazole rings is 1. The Morgan fingerprint density at radius 1 is 0.906 bits per heavy atom. The van der Waals surface area contributed by atoms with Crippen LogP contribution in [0.15, 0.2) is 29.4 Å². The Balaban J connectivity index is 2.22. The summed E-state index contributed by atoms with van der Waals surface area (Å²) in [6, 6.07) is 0.758. The number of alkyl halides is 8. The topological polar surface area (TPSA) is 88.6 Å². The van der Waals surface area contributed by atoms with E-state index >= 15 is 0 Å². The first-order valence-corrected chi connectivity index (χ1v) is 10.1. The van der Waals surface area contributed by atoms with E-state index in [9.17, 15) is 43.5 Å². The largest absolute Gasteiger partial charge is 0.458 e. The summed E-state index contributed by atoms with van der Waals surface area (Å²) in [5.74, 6) is -5.72. The Bertz CT molecular complexity index is 1280. The Hall–Kier alpha value is -2.84. The molecule has 3 heterocycles. The van der Waals surface area contributed by atoms with Crippen molar-refractivity contribution in [1.82, 2.24) is 19.9 Å². The van der Waals surface area contributed by atoms with Gasteiger partial charge < -0.3 is 4.98 Å². The maximum Gasteiger partial charge on any atom is 0.458 e.